The van der Waals surface area contributed by atoms with Crippen molar-refractivity contribution in [3.63, 3.8) is 0 Å². The Morgan fingerprint density at radius 2 is 0.810 bits per heavy atom. The van der Waals surface area contributed by atoms with E-state index in [1.165, 1.54) is 103 Å². The van der Waals surface area contributed by atoms with E-state index in [9.17, 15) is 0 Å². The summed E-state index contributed by atoms with van der Waals surface area (Å²) in [5.74, 6) is 4.40. The molecular weight excluding hydrogens is 1080 g/mol. The van der Waals surface area contributed by atoms with E-state index in [2.05, 4.69) is 204 Å². The molecule has 4 heteroatoms. The fourth-order valence-corrected chi connectivity index (χ4v) is 6.82. The van der Waals surface area contributed by atoms with Crippen LogP contribution in [0, 0.1) is 59.8 Å². The summed E-state index contributed by atoms with van der Waals surface area (Å²) in [7, 11) is 0. The second-order valence-corrected chi connectivity index (χ2v) is 20.4. The van der Waals surface area contributed by atoms with Crippen molar-refractivity contribution in [3.8, 4) is 22.3 Å². The van der Waals surface area contributed by atoms with E-state index >= 15 is 0 Å². The summed E-state index contributed by atoms with van der Waals surface area (Å²) in [6.07, 6.45) is 17.0. The van der Waals surface area contributed by atoms with Crippen LogP contribution in [0.1, 0.15) is 105 Å². The standard InChI is InChI=1S/2C13H9.2C7H9.2C7H14.2ClH.2Hf/c2*1-3-7-12-10(5-1)9-11-6-2-4-8-13(11)12;2*1-6-3-4-7(2)5-6;2*1-6(2)5-7(3)4;;;;/h2*1-5,7-8H,9H2;2*3-4,6H,1-2H3;2*6-7H,1-4H3;2*1H;;/q4*-1;;;;;2*+2. The Hall–Kier alpha value is -2.10. The number of hydrogen-bond donors (Lipinski definition) is 0. The Labute approximate surface area is 396 Å². The molecule has 4 aliphatic carbocycles. The summed E-state index contributed by atoms with van der Waals surface area (Å²) in [6, 6.07) is 36.2. The van der Waals surface area contributed by atoms with Crippen LogP contribution in [0.4, 0.5) is 0 Å². The summed E-state index contributed by atoms with van der Waals surface area (Å²) < 4.78 is 3.48. The van der Waals surface area contributed by atoms with Crippen LogP contribution in [0.25, 0.3) is 22.3 Å². The van der Waals surface area contributed by atoms with Crippen LogP contribution in [-0.4, -0.2) is 6.51 Å². The number of hydrogen-bond acceptors (Lipinski definition) is 0. The van der Waals surface area contributed by atoms with Crippen molar-refractivity contribution in [2.24, 2.45) is 35.5 Å². The van der Waals surface area contributed by atoms with E-state index in [4.69, 9.17) is 0 Å². The predicted molar refractivity (Wildman–Crippen MR) is 252 cm³/mol. The van der Waals surface area contributed by atoms with Crippen molar-refractivity contribution in [1.29, 1.82) is 0 Å². The molecule has 0 bridgehead atoms. The second-order valence-electron chi connectivity index (χ2n) is 16.3. The number of halogens is 2. The van der Waals surface area contributed by atoms with E-state index in [0.717, 1.165) is 36.5 Å². The molecule has 0 heterocycles. The Bertz CT molecular complexity index is 1750. The van der Waals surface area contributed by atoms with Crippen LogP contribution in [-0.2, 0) is 60.6 Å². The first-order chi connectivity index (χ1) is 26.6. The Balaban J connectivity index is 0.000000354. The van der Waals surface area contributed by atoms with Gasteiger partial charge >= 0.3 is 133 Å². The van der Waals surface area contributed by atoms with Gasteiger partial charge in [0.25, 0.3) is 0 Å². The topological polar surface area (TPSA) is 0 Å². The third kappa shape index (κ3) is 17.9. The van der Waals surface area contributed by atoms with Crippen LogP contribution >= 0.6 is 24.8 Å². The third-order valence-corrected chi connectivity index (χ3v) is 18.2. The quantitative estimate of drug-likeness (QED) is 0.122. The minimum atomic E-state index is 0. The molecule has 4 aromatic carbocycles. The molecule has 0 fully saturated rings. The van der Waals surface area contributed by atoms with Gasteiger partial charge in [0.05, 0.1) is 0 Å². The zero-order valence-electron chi connectivity index (χ0n) is 37.1. The molecule has 0 nitrogen and oxygen atoms in total. The van der Waals surface area contributed by atoms with E-state index in [1.54, 1.807) is 6.51 Å². The predicted octanol–water partition coefficient (Wildman–Crippen LogP) is 14.9. The molecule has 0 spiro atoms. The van der Waals surface area contributed by atoms with Gasteiger partial charge in [-0.3, -0.25) is 12.2 Å². The van der Waals surface area contributed by atoms with Gasteiger partial charge < -0.3 is 0 Å². The number of benzene rings is 4. The summed E-state index contributed by atoms with van der Waals surface area (Å²) in [6.45, 7) is 26.6. The van der Waals surface area contributed by atoms with Gasteiger partial charge in [-0.15, -0.1) is 35.9 Å². The minimum Gasteiger partial charge on any atom is -0.267 e. The third-order valence-electron chi connectivity index (χ3n) is 9.90. The zero-order chi connectivity index (χ0) is 41.4. The molecule has 58 heavy (non-hydrogen) atoms. The SMILES string of the molecule is CC(C)[C](=[Hf+2])C(C)C.CC(C)[C](=[Hf+2])C(C)C.CC1=[C-]C(C)C=C1.CC1=[C-]C(C)C=C1.Cl.Cl.[c-]1cccc2c1Cc1ccccc1-2.[c-]1cccc2c1Cc1ccccc1-2. The molecule has 0 aliphatic heterocycles. The molecule has 4 aliphatic rings. The number of rotatable bonds is 4. The molecule has 2 atom stereocenters. The van der Waals surface area contributed by atoms with Crippen molar-refractivity contribution < 1.29 is 47.8 Å². The maximum atomic E-state index is 3.30. The molecule has 2 unspecified atom stereocenters. The van der Waals surface area contributed by atoms with E-state index < -0.39 is 0 Å². The molecule has 0 amide bonds. The molecule has 0 saturated heterocycles. The maximum absolute atomic E-state index is 3.30. The zero-order valence-corrected chi connectivity index (χ0v) is 45.9. The molecule has 0 radical (unpaired) electrons. The Morgan fingerprint density at radius 1 is 0.500 bits per heavy atom. The fraction of sp³-hybridized carbons (Fsp3) is 0.370. The van der Waals surface area contributed by atoms with Crippen LogP contribution in [0.3, 0.4) is 0 Å². The van der Waals surface area contributed by atoms with Gasteiger partial charge in [0.15, 0.2) is 0 Å². The van der Waals surface area contributed by atoms with E-state index in [-0.39, 0.29) is 24.8 Å². The Kier molecular flexibility index (Phi) is 25.7. The van der Waals surface area contributed by atoms with Crippen LogP contribution in [0.15, 0.2) is 120 Å². The summed E-state index contributed by atoms with van der Waals surface area (Å²) in [5.41, 5.74) is 13.6. The molecule has 4 aromatic rings. The summed E-state index contributed by atoms with van der Waals surface area (Å²) in [5, 5.41) is 0. The van der Waals surface area contributed by atoms with Gasteiger partial charge in [-0.25, -0.2) is 23.3 Å². The Morgan fingerprint density at radius 3 is 1.05 bits per heavy atom. The van der Waals surface area contributed by atoms with Crippen molar-refractivity contribution in [1.82, 2.24) is 0 Å². The van der Waals surface area contributed by atoms with Crippen LogP contribution in [0.2, 0.25) is 0 Å². The summed E-state index contributed by atoms with van der Waals surface area (Å²) >= 11 is 2.55. The average molecular weight is 1140 g/mol. The first kappa shape index (κ1) is 53.9. The van der Waals surface area contributed by atoms with Gasteiger partial charge in [-0.2, -0.15) is 71.8 Å². The van der Waals surface area contributed by atoms with E-state index in [1.807, 2.05) is 12.1 Å². The van der Waals surface area contributed by atoms with Gasteiger partial charge in [-0.05, 0) is 12.8 Å². The number of fused-ring (bicyclic) bond motifs is 6. The summed E-state index contributed by atoms with van der Waals surface area (Å²) in [4.78, 5) is 0. The van der Waals surface area contributed by atoms with Crippen molar-refractivity contribution in [2.75, 3.05) is 0 Å². The molecule has 304 valence electrons. The monoisotopic (exact) mass is 1140 g/mol. The van der Waals surface area contributed by atoms with E-state index in [0.29, 0.717) is 11.8 Å². The molecule has 0 saturated carbocycles. The molecular formula is C54H66Cl2Hf2. The van der Waals surface area contributed by atoms with Crippen LogP contribution < -0.4 is 0 Å². The molecule has 0 aromatic heterocycles. The van der Waals surface area contributed by atoms with Crippen molar-refractivity contribution in [2.45, 2.75) is 95.9 Å². The fourth-order valence-electron chi connectivity index (χ4n) is 6.82. The smallest absolute Gasteiger partial charge is 0.0253 e. The molecule has 8 rings (SSSR count). The first-order valence-corrected chi connectivity index (χ1v) is 24.1. The minimum absolute atomic E-state index is 0. The number of allylic oxidation sites excluding steroid dienone is 8. The second kappa shape index (κ2) is 27.7. The van der Waals surface area contributed by atoms with Crippen molar-refractivity contribution >= 4 is 31.3 Å². The van der Waals surface area contributed by atoms with Gasteiger partial charge in [0.2, 0.25) is 0 Å². The van der Waals surface area contributed by atoms with Crippen molar-refractivity contribution in [3.05, 3.63) is 167 Å². The first-order valence-electron chi connectivity index (χ1n) is 20.5. The van der Waals surface area contributed by atoms with Crippen LogP contribution in [0.5, 0.6) is 0 Å². The normalized spacial score (nSPS) is 15.4. The van der Waals surface area contributed by atoms with Gasteiger partial charge in [-0.1, -0.05) is 110 Å². The maximum Gasteiger partial charge on any atom is -0.0253 e. The average Bonchev–Trinajstić information content (AvgIpc) is 3.96. The van der Waals surface area contributed by atoms with Gasteiger partial charge in [0.1, 0.15) is 0 Å². The largest absolute Gasteiger partial charge is 0.267 e. The van der Waals surface area contributed by atoms with Gasteiger partial charge in [0, 0.05) is 0 Å². The molecule has 0 N–H and O–H groups in total.